The summed E-state index contributed by atoms with van der Waals surface area (Å²) in [4.78, 5) is 7.86. The van der Waals surface area contributed by atoms with E-state index >= 15 is 0 Å². The van der Waals surface area contributed by atoms with E-state index in [1.54, 1.807) is 7.05 Å². The minimum absolute atomic E-state index is 0.313. The van der Waals surface area contributed by atoms with E-state index < -0.39 is 12.7 Å². The van der Waals surface area contributed by atoms with Crippen LogP contribution >= 0.6 is 0 Å². The predicted molar refractivity (Wildman–Crippen MR) is 92.4 cm³/mol. The van der Waals surface area contributed by atoms with Gasteiger partial charge in [-0.15, -0.1) is 0 Å². The molecule has 0 radical (unpaired) electrons. The Morgan fingerprint density at radius 2 is 1.71 bits per heavy atom. The summed E-state index contributed by atoms with van der Waals surface area (Å²) in [7, 11) is 3.14. The van der Waals surface area contributed by atoms with Gasteiger partial charge in [0.2, 0.25) is 0 Å². The van der Waals surface area contributed by atoms with Crippen LogP contribution in [0.25, 0.3) is 0 Å². The molecule has 0 aromatic rings. The van der Waals surface area contributed by atoms with Crippen molar-refractivity contribution >= 4 is 5.96 Å². The van der Waals surface area contributed by atoms with E-state index in [0.717, 1.165) is 19.5 Å². The highest BCUT2D eigenvalue weighted by atomic mass is 19.4. The van der Waals surface area contributed by atoms with E-state index in [2.05, 4.69) is 20.5 Å². The minimum Gasteiger partial charge on any atom is -0.356 e. The summed E-state index contributed by atoms with van der Waals surface area (Å²) in [6.07, 6.45) is 2.16. The van der Waals surface area contributed by atoms with Crippen LogP contribution in [0.1, 0.15) is 32.1 Å². The normalized spacial score (nSPS) is 17.8. The first-order chi connectivity index (χ1) is 11.4. The number of hydrogen-bond acceptors (Lipinski definition) is 3. The van der Waals surface area contributed by atoms with Gasteiger partial charge >= 0.3 is 6.18 Å². The van der Waals surface area contributed by atoms with Gasteiger partial charge in [0.1, 0.15) is 0 Å². The van der Waals surface area contributed by atoms with E-state index in [9.17, 15) is 13.2 Å². The van der Waals surface area contributed by atoms with Crippen LogP contribution in [0, 0.1) is 0 Å². The first-order valence-corrected chi connectivity index (χ1v) is 8.83. The molecule has 1 aliphatic heterocycles. The molecular formula is C16H32F3N5. The topological polar surface area (TPSA) is 42.9 Å². The van der Waals surface area contributed by atoms with Crippen molar-refractivity contribution in [1.29, 1.82) is 0 Å². The number of likely N-dealkylation sites (N-methyl/N-ethyl adjacent to an activating group) is 1. The molecule has 1 aliphatic rings. The third-order valence-corrected chi connectivity index (χ3v) is 4.10. The molecule has 0 atom stereocenters. The van der Waals surface area contributed by atoms with Crippen molar-refractivity contribution in [2.45, 2.75) is 38.3 Å². The van der Waals surface area contributed by atoms with Crippen LogP contribution in [0.2, 0.25) is 0 Å². The number of likely N-dealkylation sites (tertiary alicyclic amines) is 1. The summed E-state index contributed by atoms with van der Waals surface area (Å²) >= 11 is 0. The average Bonchev–Trinajstić information content (AvgIpc) is 2.76. The highest BCUT2D eigenvalue weighted by Gasteiger charge is 2.28. The summed E-state index contributed by atoms with van der Waals surface area (Å²) in [5.74, 6) is 0.645. The highest BCUT2D eigenvalue weighted by Crippen LogP contribution is 2.15. The first kappa shape index (κ1) is 21.0. The van der Waals surface area contributed by atoms with Crippen LogP contribution in [0.4, 0.5) is 13.2 Å². The molecule has 0 aliphatic carbocycles. The largest absolute Gasteiger partial charge is 0.401 e. The minimum atomic E-state index is -4.15. The van der Waals surface area contributed by atoms with Gasteiger partial charge in [0.15, 0.2) is 5.96 Å². The summed E-state index contributed by atoms with van der Waals surface area (Å²) in [5.41, 5.74) is 0. The zero-order valence-electron chi connectivity index (χ0n) is 15.0. The van der Waals surface area contributed by atoms with Crippen LogP contribution < -0.4 is 10.6 Å². The molecule has 0 spiro atoms. The molecule has 1 fully saturated rings. The van der Waals surface area contributed by atoms with Crippen LogP contribution in [-0.2, 0) is 0 Å². The van der Waals surface area contributed by atoms with Gasteiger partial charge in [-0.2, -0.15) is 13.2 Å². The Balaban J connectivity index is 2.09. The van der Waals surface area contributed by atoms with Gasteiger partial charge in [-0.05, 0) is 45.9 Å². The standard InChI is InChI=1S/C16H32F3N5/c1-20-15(22-9-13-23(2)14-16(17,18)19)21-8-7-12-24-10-5-3-4-6-11-24/h3-14H2,1-2H3,(H2,20,21,22). The van der Waals surface area contributed by atoms with Gasteiger partial charge < -0.3 is 15.5 Å². The molecule has 5 nitrogen and oxygen atoms in total. The predicted octanol–water partition coefficient (Wildman–Crippen LogP) is 1.91. The average molecular weight is 351 g/mol. The van der Waals surface area contributed by atoms with Crippen LogP contribution in [0.3, 0.4) is 0 Å². The lowest BCUT2D eigenvalue weighted by molar-refractivity contribution is -0.142. The summed E-state index contributed by atoms with van der Waals surface area (Å²) < 4.78 is 36.7. The Morgan fingerprint density at radius 1 is 1.08 bits per heavy atom. The Hall–Kier alpha value is -1.02. The summed E-state index contributed by atoms with van der Waals surface area (Å²) in [5, 5.41) is 6.27. The van der Waals surface area contributed by atoms with Crippen LogP contribution in [0.15, 0.2) is 4.99 Å². The molecule has 2 N–H and O–H groups in total. The Labute approximate surface area is 143 Å². The van der Waals surface area contributed by atoms with Crippen molar-refractivity contribution in [1.82, 2.24) is 20.4 Å². The maximum Gasteiger partial charge on any atom is 0.401 e. The third kappa shape index (κ3) is 10.7. The van der Waals surface area contributed by atoms with Crippen molar-refractivity contribution in [3.63, 3.8) is 0 Å². The summed E-state index contributed by atoms with van der Waals surface area (Å²) in [6.45, 7) is 4.13. The van der Waals surface area contributed by atoms with Gasteiger partial charge in [-0.3, -0.25) is 9.89 Å². The third-order valence-electron chi connectivity index (χ3n) is 4.10. The molecule has 1 rings (SSSR count). The highest BCUT2D eigenvalue weighted by molar-refractivity contribution is 5.79. The maximum atomic E-state index is 12.2. The number of guanidine groups is 1. The molecule has 0 aromatic carbocycles. The number of alkyl halides is 3. The number of halogens is 3. The van der Waals surface area contributed by atoms with Crippen molar-refractivity contribution in [3.05, 3.63) is 0 Å². The molecule has 0 saturated carbocycles. The van der Waals surface area contributed by atoms with Gasteiger partial charge in [0, 0.05) is 26.7 Å². The second-order valence-corrected chi connectivity index (χ2v) is 6.39. The van der Waals surface area contributed by atoms with Crippen molar-refractivity contribution in [2.75, 3.05) is 59.9 Å². The zero-order chi connectivity index (χ0) is 17.8. The van der Waals surface area contributed by atoms with E-state index in [1.807, 2.05) is 0 Å². The quantitative estimate of drug-likeness (QED) is 0.398. The Kier molecular flexibility index (Phi) is 10.1. The molecule has 8 heteroatoms. The van der Waals surface area contributed by atoms with Crippen molar-refractivity contribution in [3.8, 4) is 0 Å². The van der Waals surface area contributed by atoms with Gasteiger partial charge in [0.25, 0.3) is 0 Å². The fourth-order valence-corrected chi connectivity index (χ4v) is 2.84. The van der Waals surface area contributed by atoms with Crippen molar-refractivity contribution < 1.29 is 13.2 Å². The van der Waals surface area contributed by atoms with Crippen LogP contribution in [-0.4, -0.2) is 81.8 Å². The molecule has 1 heterocycles. The summed E-state index contributed by atoms with van der Waals surface area (Å²) in [6, 6.07) is 0. The van der Waals surface area contributed by atoms with E-state index in [0.29, 0.717) is 19.0 Å². The molecule has 0 bridgehead atoms. The Bertz CT molecular complexity index is 352. The lowest BCUT2D eigenvalue weighted by Crippen LogP contribution is -2.43. The second kappa shape index (κ2) is 11.5. The van der Waals surface area contributed by atoms with E-state index in [4.69, 9.17) is 0 Å². The molecule has 24 heavy (non-hydrogen) atoms. The van der Waals surface area contributed by atoms with Gasteiger partial charge in [0.05, 0.1) is 6.54 Å². The fourth-order valence-electron chi connectivity index (χ4n) is 2.84. The molecule has 0 unspecified atom stereocenters. The lowest BCUT2D eigenvalue weighted by atomic mass is 10.2. The number of hydrogen-bond donors (Lipinski definition) is 2. The van der Waals surface area contributed by atoms with Gasteiger partial charge in [-0.1, -0.05) is 12.8 Å². The lowest BCUT2D eigenvalue weighted by Gasteiger charge is -2.21. The number of nitrogens with one attached hydrogen (secondary N) is 2. The monoisotopic (exact) mass is 351 g/mol. The number of rotatable bonds is 8. The molecule has 142 valence electrons. The SMILES string of the molecule is CN=C(NCCCN1CCCCCC1)NCCN(C)CC(F)(F)F. The molecule has 0 amide bonds. The number of nitrogens with zero attached hydrogens (tertiary/aromatic N) is 3. The van der Waals surface area contributed by atoms with Crippen molar-refractivity contribution in [2.24, 2.45) is 4.99 Å². The molecular weight excluding hydrogens is 319 g/mol. The fraction of sp³-hybridized carbons (Fsp3) is 0.938. The molecule has 1 saturated heterocycles. The Morgan fingerprint density at radius 3 is 2.29 bits per heavy atom. The van der Waals surface area contributed by atoms with Gasteiger partial charge in [-0.25, -0.2) is 0 Å². The maximum absolute atomic E-state index is 12.2. The molecule has 0 aromatic heterocycles. The first-order valence-electron chi connectivity index (χ1n) is 8.83. The number of aliphatic imine (C=N–C) groups is 1. The van der Waals surface area contributed by atoms with Crippen LogP contribution in [0.5, 0.6) is 0 Å². The van der Waals surface area contributed by atoms with E-state index in [1.165, 1.54) is 50.7 Å². The second-order valence-electron chi connectivity index (χ2n) is 6.39. The zero-order valence-corrected chi connectivity index (χ0v) is 15.0. The smallest absolute Gasteiger partial charge is 0.356 e. The van der Waals surface area contributed by atoms with E-state index in [-0.39, 0.29) is 0 Å².